The van der Waals surface area contributed by atoms with E-state index in [2.05, 4.69) is 38.2 Å². The van der Waals surface area contributed by atoms with Gasteiger partial charge in [-0.15, -0.1) is 0 Å². The van der Waals surface area contributed by atoms with Gasteiger partial charge in [0, 0.05) is 38.4 Å². The lowest BCUT2D eigenvalue weighted by Crippen LogP contribution is -2.55. The third-order valence-electron chi connectivity index (χ3n) is 5.85. The highest BCUT2D eigenvalue weighted by molar-refractivity contribution is 5.95. The Hall–Kier alpha value is -1.43. The van der Waals surface area contributed by atoms with Gasteiger partial charge < -0.3 is 5.32 Å². The molecular formula is C20H30N4O. The number of amides is 1. The zero-order chi connectivity index (χ0) is 17.1. The molecule has 2 bridgehead atoms. The molecule has 136 valence electrons. The van der Waals surface area contributed by atoms with Gasteiger partial charge in [-0.05, 0) is 56.6 Å². The fourth-order valence-electron chi connectivity index (χ4n) is 4.44. The van der Waals surface area contributed by atoms with Crippen LogP contribution < -0.4 is 5.32 Å². The van der Waals surface area contributed by atoms with Crippen LogP contribution in [0.1, 0.15) is 31.2 Å². The first-order valence-electron chi connectivity index (χ1n) is 9.86. The van der Waals surface area contributed by atoms with Crippen LogP contribution in [0.2, 0.25) is 0 Å². The summed E-state index contributed by atoms with van der Waals surface area (Å²) < 4.78 is 0. The zero-order valence-corrected chi connectivity index (χ0v) is 15.1. The van der Waals surface area contributed by atoms with Crippen LogP contribution in [0.5, 0.6) is 0 Å². The van der Waals surface area contributed by atoms with Crippen LogP contribution in [-0.2, 0) is 11.3 Å². The van der Waals surface area contributed by atoms with Gasteiger partial charge in [-0.3, -0.25) is 19.5 Å². The maximum absolute atomic E-state index is 12.8. The third-order valence-corrected chi connectivity index (χ3v) is 5.85. The van der Waals surface area contributed by atoms with Gasteiger partial charge in [0.25, 0.3) is 0 Å². The molecule has 3 atom stereocenters. The second-order valence-corrected chi connectivity index (χ2v) is 7.73. The Morgan fingerprint density at radius 2 is 1.88 bits per heavy atom. The normalized spacial score (nSPS) is 30.0. The molecule has 4 saturated heterocycles. The van der Waals surface area contributed by atoms with Crippen molar-refractivity contribution >= 4 is 11.6 Å². The number of nitrogens with zero attached hydrogens (tertiary/aromatic N) is 3. The Morgan fingerprint density at radius 1 is 1.00 bits per heavy atom. The van der Waals surface area contributed by atoms with Crippen LogP contribution in [0.4, 0.5) is 5.69 Å². The molecule has 1 N–H and O–H groups in total. The minimum absolute atomic E-state index is 0.00185. The third kappa shape index (κ3) is 4.22. The van der Waals surface area contributed by atoms with Gasteiger partial charge in [-0.1, -0.05) is 18.6 Å². The van der Waals surface area contributed by atoms with Crippen molar-refractivity contribution in [3.63, 3.8) is 0 Å². The molecule has 0 spiro atoms. The number of fused-ring (bicyclic) bond motifs is 4. The maximum Gasteiger partial charge on any atom is 0.243 e. The van der Waals surface area contributed by atoms with E-state index in [1.165, 1.54) is 44.3 Å². The second-order valence-electron chi connectivity index (χ2n) is 7.73. The van der Waals surface area contributed by atoms with Crippen LogP contribution in [0, 0.1) is 0 Å². The van der Waals surface area contributed by atoms with Gasteiger partial charge >= 0.3 is 0 Å². The van der Waals surface area contributed by atoms with E-state index in [4.69, 9.17) is 0 Å². The molecule has 25 heavy (non-hydrogen) atoms. The number of piperidine rings is 1. The van der Waals surface area contributed by atoms with Crippen LogP contribution in [0.15, 0.2) is 24.3 Å². The molecule has 4 heterocycles. The number of anilines is 1. The molecule has 0 radical (unpaired) electrons. The van der Waals surface area contributed by atoms with Gasteiger partial charge in [-0.25, -0.2) is 0 Å². The number of piperazine rings is 1. The van der Waals surface area contributed by atoms with Crippen LogP contribution >= 0.6 is 0 Å². The molecule has 0 aromatic heterocycles. The molecule has 0 aliphatic carbocycles. The summed E-state index contributed by atoms with van der Waals surface area (Å²) in [5.74, 6) is 0.154. The fraction of sp³-hybridized carbons (Fsp3) is 0.650. The van der Waals surface area contributed by atoms with Gasteiger partial charge in [0.1, 0.15) is 6.04 Å². The van der Waals surface area contributed by atoms with E-state index >= 15 is 0 Å². The minimum Gasteiger partial charge on any atom is -0.325 e. The molecule has 4 aliphatic rings. The summed E-state index contributed by atoms with van der Waals surface area (Å²) in [4.78, 5) is 20.1. The summed E-state index contributed by atoms with van der Waals surface area (Å²) in [5, 5.41) is 3.18. The summed E-state index contributed by atoms with van der Waals surface area (Å²) in [6.07, 6.45) is 5.16. The van der Waals surface area contributed by atoms with Gasteiger partial charge in [0.2, 0.25) is 5.91 Å². The maximum atomic E-state index is 12.8. The van der Waals surface area contributed by atoms with Crippen molar-refractivity contribution in [1.29, 1.82) is 0 Å². The van der Waals surface area contributed by atoms with Crippen molar-refractivity contribution in [3.05, 3.63) is 29.8 Å². The van der Waals surface area contributed by atoms with Gasteiger partial charge in [-0.2, -0.15) is 0 Å². The van der Waals surface area contributed by atoms with E-state index in [0.717, 1.165) is 45.0 Å². The van der Waals surface area contributed by atoms with Gasteiger partial charge in [0.05, 0.1) is 0 Å². The quantitative estimate of drug-likeness (QED) is 0.908. The van der Waals surface area contributed by atoms with Crippen LogP contribution in [-0.4, -0.2) is 72.5 Å². The number of hydrogen-bond donors (Lipinski definition) is 1. The standard InChI is InChI=1S/C20H30N4O/c25-20(19-16-23-10-5-11-24(19)13-12-23)21-18-7-4-6-17(14-18)15-22-8-2-1-3-9-22/h4,6-7,14,19H,1-3,5,8-13,15-16H2,(H,21,25). The lowest BCUT2D eigenvalue weighted by Gasteiger charge is -2.36. The molecule has 4 aliphatic heterocycles. The topological polar surface area (TPSA) is 38.8 Å². The highest BCUT2D eigenvalue weighted by Crippen LogP contribution is 2.19. The second kappa shape index (κ2) is 7.85. The Balaban J connectivity index is 1.38. The lowest BCUT2D eigenvalue weighted by atomic mass is 10.1. The van der Waals surface area contributed by atoms with Crippen molar-refractivity contribution in [2.24, 2.45) is 0 Å². The average Bonchev–Trinajstić information content (AvgIpc) is 2.99. The molecule has 1 amide bonds. The minimum atomic E-state index is 0.00185. The van der Waals surface area contributed by atoms with E-state index < -0.39 is 0 Å². The highest BCUT2D eigenvalue weighted by Gasteiger charge is 2.34. The lowest BCUT2D eigenvalue weighted by molar-refractivity contribution is -0.122. The summed E-state index contributed by atoms with van der Waals surface area (Å²) in [6.45, 7) is 8.57. The SMILES string of the molecule is O=C(Nc1cccc(CN2CCCCC2)c1)C1CN2CCCN1CC2. The van der Waals surface area contributed by atoms with Crippen molar-refractivity contribution in [1.82, 2.24) is 14.7 Å². The van der Waals surface area contributed by atoms with Gasteiger partial charge in [0.15, 0.2) is 0 Å². The Morgan fingerprint density at radius 3 is 2.76 bits per heavy atom. The summed E-state index contributed by atoms with van der Waals surface area (Å²) in [6, 6.07) is 8.41. The molecule has 4 fully saturated rings. The predicted molar refractivity (Wildman–Crippen MR) is 101 cm³/mol. The molecule has 5 rings (SSSR count). The summed E-state index contributed by atoms with van der Waals surface area (Å²) in [5.41, 5.74) is 2.24. The van der Waals surface area contributed by atoms with E-state index in [1.54, 1.807) is 0 Å². The van der Waals surface area contributed by atoms with Crippen LogP contribution in [0.25, 0.3) is 0 Å². The molecule has 1 aromatic carbocycles. The number of benzene rings is 1. The first-order chi connectivity index (χ1) is 12.3. The van der Waals surface area contributed by atoms with Crippen LogP contribution in [0.3, 0.4) is 0 Å². The van der Waals surface area contributed by atoms with E-state index in [1.807, 2.05) is 6.07 Å². The molecule has 5 heteroatoms. The Bertz CT molecular complexity index is 595. The summed E-state index contributed by atoms with van der Waals surface area (Å²) >= 11 is 0. The Kier molecular flexibility index (Phi) is 5.34. The van der Waals surface area contributed by atoms with Crippen molar-refractivity contribution < 1.29 is 4.79 Å². The number of carbonyl (C=O) groups is 1. The highest BCUT2D eigenvalue weighted by atomic mass is 16.2. The fourth-order valence-corrected chi connectivity index (χ4v) is 4.44. The first-order valence-corrected chi connectivity index (χ1v) is 9.86. The number of rotatable bonds is 4. The number of likely N-dealkylation sites (tertiary alicyclic amines) is 1. The largest absolute Gasteiger partial charge is 0.325 e. The number of carbonyl (C=O) groups excluding carboxylic acids is 1. The molecule has 5 nitrogen and oxygen atoms in total. The van der Waals surface area contributed by atoms with E-state index in [-0.39, 0.29) is 11.9 Å². The van der Waals surface area contributed by atoms with E-state index in [9.17, 15) is 4.79 Å². The van der Waals surface area contributed by atoms with Crippen molar-refractivity contribution in [3.8, 4) is 0 Å². The monoisotopic (exact) mass is 342 g/mol. The van der Waals surface area contributed by atoms with Crippen molar-refractivity contribution in [2.75, 3.05) is 51.1 Å². The average molecular weight is 342 g/mol. The molecule has 3 unspecified atom stereocenters. The smallest absolute Gasteiger partial charge is 0.243 e. The molecule has 0 saturated carbocycles. The number of nitrogens with one attached hydrogen (secondary N) is 1. The first kappa shape index (κ1) is 17.0. The van der Waals surface area contributed by atoms with E-state index in [0.29, 0.717) is 0 Å². The molecular weight excluding hydrogens is 312 g/mol. The summed E-state index contributed by atoms with van der Waals surface area (Å²) in [7, 11) is 0. The van der Waals surface area contributed by atoms with Crippen molar-refractivity contribution in [2.45, 2.75) is 38.3 Å². The Labute approximate surface area is 151 Å². The number of hydrogen-bond acceptors (Lipinski definition) is 4. The molecule has 1 aromatic rings. The predicted octanol–water partition coefficient (Wildman–Crippen LogP) is 2.00. The zero-order valence-electron chi connectivity index (χ0n) is 15.1.